The fourth-order valence-corrected chi connectivity index (χ4v) is 2.27. The van der Waals surface area contributed by atoms with Crippen molar-refractivity contribution in [3.63, 3.8) is 0 Å². The molecule has 0 aliphatic carbocycles. The molecular formula is C18H14N4O4. The van der Waals surface area contributed by atoms with Crippen molar-refractivity contribution in [2.24, 2.45) is 0 Å². The predicted octanol–water partition coefficient (Wildman–Crippen LogP) is 1.47. The van der Waals surface area contributed by atoms with E-state index >= 15 is 0 Å². The summed E-state index contributed by atoms with van der Waals surface area (Å²) in [6, 6.07) is 15.7. The number of ether oxygens (including phenoxy) is 1. The van der Waals surface area contributed by atoms with Gasteiger partial charge in [0.15, 0.2) is 12.2 Å². The fourth-order valence-electron chi connectivity index (χ4n) is 2.27. The van der Waals surface area contributed by atoms with Crippen molar-refractivity contribution >= 4 is 22.8 Å². The molecular weight excluding hydrogens is 336 g/mol. The van der Waals surface area contributed by atoms with Gasteiger partial charge >= 0.3 is 0 Å². The van der Waals surface area contributed by atoms with Crippen LogP contribution in [-0.4, -0.2) is 23.6 Å². The standard InChI is InChI=1S/C18H14N4O4/c19-10-12-5-1-3-7-15(12)25-11-18(24)21-20-17(23)9-14-13-6-2-4-8-16(13)26-22-14/h1-8H,9,11H2,(H,20,23)(H,21,24). The zero-order chi connectivity index (χ0) is 18.4. The van der Waals surface area contributed by atoms with E-state index in [1.54, 1.807) is 36.4 Å². The highest BCUT2D eigenvalue weighted by Gasteiger charge is 2.13. The molecule has 2 N–H and O–H groups in total. The Morgan fingerprint density at radius 3 is 2.65 bits per heavy atom. The Kier molecular flexibility index (Phi) is 5.10. The van der Waals surface area contributed by atoms with Gasteiger partial charge in [-0.1, -0.05) is 29.4 Å². The molecule has 3 aromatic rings. The van der Waals surface area contributed by atoms with Gasteiger partial charge in [-0.05, 0) is 24.3 Å². The SMILES string of the molecule is N#Cc1ccccc1OCC(=O)NNC(=O)Cc1noc2ccccc12. The van der Waals surface area contributed by atoms with Gasteiger partial charge in [-0.15, -0.1) is 0 Å². The highest BCUT2D eigenvalue weighted by atomic mass is 16.5. The first-order valence-electron chi connectivity index (χ1n) is 7.70. The Labute approximate surface area is 148 Å². The van der Waals surface area contributed by atoms with Crippen LogP contribution in [0.1, 0.15) is 11.3 Å². The van der Waals surface area contributed by atoms with Crippen LogP contribution in [0.2, 0.25) is 0 Å². The van der Waals surface area contributed by atoms with Gasteiger partial charge in [-0.2, -0.15) is 5.26 Å². The molecule has 0 atom stereocenters. The Morgan fingerprint density at radius 1 is 1.08 bits per heavy atom. The number of benzene rings is 2. The molecule has 0 unspecified atom stereocenters. The molecule has 8 heteroatoms. The molecule has 26 heavy (non-hydrogen) atoms. The van der Waals surface area contributed by atoms with Crippen LogP contribution in [0.25, 0.3) is 11.0 Å². The third-order valence-corrected chi connectivity index (χ3v) is 3.49. The Balaban J connectivity index is 1.48. The molecule has 8 nitrogen and oxygen atoms in total. The van der Waals surface area contributed by atoms with E-state index in [0.717, 1.165) is 5.39 Å². The molecule has 0 bridgehead atoms. The number of hydrogen-bond donors (Lipinski definition) is 2. The molecule has 0 fully saturated rings. The molecule has 2 amide bonds. The van der Waals surface area contributed by atoms with E-state index in [9.17, 15) is 9.59 Å². The lowest BCUT2D eigenvalue weighted by atomic mass is 10.2. The van der Waals surface area contributed by atoms with Gasteiger partial charge in [0.05, 0.1) is 12.0 Å². The van der Waals surface area contributed by atoms with Crippen LogP contribution in [0.3, 0.4) is 0 Å². The lowest BCUT2D eigenvalue weighted by Crippen LogP contribution is -2.44. The van der Waals surface area contributed by atoms with Crippen LogP contribution in [0.4, 0.5) is 0 Å². The van der Waals surface area contributed by atoms with Gasteiger partial charge in [-0.3, -0.25) is 20.4 Å². The molecule has 0 spiro atoms. The van der Waals surface area contributed by atoms with Crippen molar-refractivity contribution in [2.75, 3.05) is 6.61 Å². The van der Waals surface area contributed by atoms with Crippen molar-refractivity contribution in [3.8, 4) is 11.8 Å². The molecule has 0 saturated heterocycles. The number of nitrogens with zero attached hydrogens (tertiary/aromatic N) is 2. The number of hydrazine groups is 1. The monoisotopic (exact) mass is 350 g/mol. The molecule has 0 aliphatic rings. The van der Waals surface area contributed by atoms with Crippen LogP contribution in [-0.2, 0) is 16.0 Å². The van der Waals surface area contributed by atoms with Crippen molar-refractivity contribution < 1.29 is 18.8 Å². The maximum Gasteiger partial charge on any atom is 0.276 e. The maximum absolute atomic E-state index is 11.9. The van der Waals surface area contributed by atoms with Crippen molar-refractivity contribution in [1.82, 2.24) is 16.0 Å². The minimum Gasteiger partial charge on any atom is -0.482 e. The molecule has 3 rings (SSSR count). The number of amides is 2. The van der Waals surface area contributed by atoms with Gasteiger partial charge in [0.25, 0.3) is 5.91 Å². The lowest BCUT2D eigenvalue weighted by molar-refractivity contribution is -0.129. The molecule has 0 aliphatic heterocycles. The number of carbonyl (C=O) groups is 2. The van der Waals surface area contributed by atoms with Gasteiger partial charge in [0.2, 0.25) is 5.91 Å². The average Bonchev–Trinajstić information content (AvgIpc) is 3.08. The van der Waals surface area contributed by atoms with Crippen LogP contribution in [0, 0.1) is 11.3 Å². The zero-order valence-electron chi connectivity index (χ0n) is 13.6. The second-order valence-corrected chi connectivity index (χ2v) is 5.30. The van der Waals surface area contributed by atoms with E-state index in [1.165, 1.54) is 0 Å². The second kappa shape index (κ2) is 7.81. The molecule has 0 radical (unpaired) electrons. The number of nitriles is 1. The van der Waals surface area contributed by atoms with Crippen LogP contribution < -0.4 is 15.6 Å². The first-order valence-corrected chi connectivity index (χ1v) is 7.70. The number of rotatable bonds is 5. The summed E-state index contributed by atoms with van der Waals surface area (Å²) < 4.78 is 10.4. The van der Waals surface area contributed by atoms with E-state index in [-0.39, 0.29) is 13.0 Å². The third-order valence-electron chi connectivity index (χ3n) is 3.49. The van der Waals surface area contributed by atoms with Gasteiger partial charge < -0.3 is 9.26 Å². The van der Waals surface area contributed by atoms with Crippen molar-refractivity contribution in [1.29, 1.82) is 5.26 Å². The molecule has 130 valence electrons. The van der Waals surface area contributed by atoms with Crippen molar-refractivity contribution in [2.45, 2.75) is 6.42 Å². The average molecular weight is 350 g/mol. The number of nitrogens with one attached hydrogen (secondary N) is 2. The summed E-state index contributed by atoms with van der Waals surface area (Å²) in [5.74, 6) is -0.712. The first-order chi connectivity index (χ1) is 12.7. The van der Waals surface area contributed by atoms with E-state index in [2.05, 4.69) is 16.0 Å². The van der Waals surface area contributed by atoms with E-state index < -0.39 is 11.8 Å². The summed E-state index contributed by atoms with van der Waals surface area (Å²) in [5.41, 5.74) is 5.92. The minimum atomic E-state index is -0.559. The van der Waals surface area contributed by atoms with Gasteiger partial charge in [0, 0.05) is 5.39 Å². The van der Waals surface area contributed by atoms with E-state index in [0.29, 0.717) is 22.6 Å². The molecule has 2 aromatic carbocycles. The second-order valence-electron chi connectivity index (χ2n) is 5.30. The highest BCUT2D eigenvalue weighted by Crippen LogP contribution is 2.18. The summed E-state index contributed by atoms with van der Waals surface area (Å²) in [5, 5.41) is 13.6. The summed E-state index contributed by atoms with van der Waals surface area (Å²) in [4.78, 5) is 23.7. The largest absolute Gasteiger partial charge is 0.482 e. The molecule has 1 heterocycles. The Hall–Kier alpha value is -3.86. The van der Waals surface area contributed by atoms with Crippen molar-refractivity contribution in [3.05, 3.63) is 59.8 Å². The number of carbonyl (C=O) groups excluding carboxylic acids is 2. The molecule has 0 saturated carbocycles. The third kappa shape index (κ3) is 3.96. The zero-order valence-corrected chi connectivity index (χ0v) is 13.6. The van der Waals surface area contributed by atoms with E-state index in [4.69, 9.17) is 14.5 Å². The van der Waals surface area contributed by atoms with E-state index in [1.807, 2.05) is 18.2 Å². The van der Waals surface area contributed by atoms with Gasteiger partial charge in [0.1, 0.15) is 17.5 Å². The summed E-state index contributed by atoms with van der Waals surface area (Å²) >= 11 is 0. The highest BCUT2D eigenvalue weighted by molar-refractivity contribution is 5.87. The minimum absolute atomic E-state index is 0.0462. The van der Waals surface area contributed by atoms with Crippen LogP contribution in [0.15, 0.2) is 53.1 Å². The topological polar surface area (TPSA) is 117 Å². The number of aromatic nitrogens is 1. The summed E-state index contributed by atoms with van der Waals surface area (Å²) in [6.07, 6.45) is -0.0462. The number of hydrogen-bond acceptors (Lipinski definition) is 6. The quantitative estimate of drug-likeness (QED) is 0.673. The Bertz CT molecular complexity index is 990. The number of para-hydroxylation sites is 2. The van der Waals surface area contributed by atoms with Gasteiger partial charge in [-0.25, -0.2) is 0 Å². The lowest BCUT2D eigenvalue weighted by Gasteiger charge is -2.09. The Morgan fingerprint density at radius 2 is 1.81 bits per heavy atom. The normalized spacial score (nSPS) is 10.1. The first kappa shape index (κ1) is 17.0. The number of fused-ring (bicyclic) bond motifs is 1. The smallest absolute Gasteiger partial charge is 0.276 e. The van der Waals surface area contributed by atoms with Crippen LogP contribution in [0.5, 0.6) is 5.75 Å². The summed E-state index contributed by atoms with van der Waals surface area (Å²) in [7, 11) is 0. The fraction of sp³-hybridized carbons (Fsp3) is 0.111. The van der Waals surface area contributed by atoms with Crippen LogP contribution >= 0.6 is 0 Å². The summed E-state index contributed by atoms with van der Waals surface area (Å²) in [6.45, 7) is -0.341. The molecule has 1 aromatic heterocycles. The predicted molar refractivity (Wildman–Crippen MR) is 90.7 cm³/mol. The maximum atomic E-state index is 11.9.